The number of nitrogens with one attached hydrogen (secondary N) is 1. The summed E-state index contributed by atoms with van der Waals surface area (Å²) in [7, 11) is -0.915. The molecule has 1 aliphatic rings. The van der Waals surface area contributed by atoms with Crippen molar-refractivity contribution in [3.63, 3.8) is 0 Å². The van der Waals surface area contributed by atoms with Crippen LogP contribution in [0.3, 0.4) is 0 Å². The van der Waals surface area contributed by atoms with Gasteiger partial charge in [-0.1, -0.05) is 0 Å². The minimum absolute atomic E-state index is 0.100. The maximum absolute atomic E-state index is 13.3. The molecule has 0 unspecified atom stereocenters. The van der Waals surface area contributed by atoms with Crippen LogP contribution in [0.2, 0.25) is 0 Å². The molecule has 2 rings (SSSR count). The molecule has 168 valence electrons. The van der Waals surface area contributed by atoms with E-state index in [0.29, 0.717) is 12.0 Å². The van der Waals surface area contributed by atoms with Crippen LogP contribution in [0, 0.1) is 0 Å². The fourth-order valence-corrected chi connectivity index (χ4v) is 3.58. The standard InChI is InChI=1S/C20H31FN4O4S/c1-20(2,3)29-19(26)22-14-16(13-21)15-25(30(27)28)18-7-5-17(6-8-18)24-11-9-23(4)10-12-24/h5-8,13,30H,9-12,14-15H2,1-4H3,(H,22,26)/b16-13-. The van der Waals surface area contributed by atoms with Gasteiger partial charge in [0.1, 0.15) is 5.60 Å². The molecule has 1 aromatic carbocycles. The van der Waals surface area contributed by atoms with Crippen LogP contribution in [0.15, 0.2) is 36.2 Å². The fourth-order valence-electron chi connectivity index (χ4n) is 2.96. The Bertz CT molecular complexity index is 805. The Morgan fingerprint density at radius 2 is 1.80 bits per heavy atom. The molecule has 0 atom stereocenters. The number of likely N-dealkylation sites (N-methyl/N-ethyl adjacent to an activating group) is 1. The number of hydrogen-bond acceptors (Lipinski definition) is 6. The molecule has 1 fully saturated rings. The molecule has 0 aliphatic carbocycles. The highest BCUT2D eigenvalue weighted by Crippen LogP contribution is 2.23. The second kappa shape index (κ2) is 10.6. The quantitative estimate of drug-likeness (QED) is 0.630. The van der Waals surface area contributed by atoms with Gasteiger partial charge in [-0.25, -0.2) is 17.6 Å². The second-order valence-electron chi connectivity index (χ2n) is 8.23. The number of amides is 1. The number of piperazine rings is 1. The van der Waals surface area contributed by atoms with Crippen molar-refractivity contribution < 1.29 is 22.3 Å². The Balaban J connectivity index is 2.01. The predicted molar refractivity (Wildman–Crippen MR) is 117 cm³/mol. The minimum atomic E-state index is -3.00. The van der Waals surface area contributed by atoms with E-state index >= 15 is 0 Å². The average molecular weight is 443 g/mol. The van der Waals surface area contributed by atoms with Gasteiger partial charge in [0.2, 0.25) is 10.9 Å². The summed E-state index contributed by atoms with van der Waals surface area (Å²) < 4.78 is 43.1. The van der Waals surface area contributed by atoms with Gasteiger partial charge in [0.05, 0.1) is 18.6 Å². The maximum atomic E-state index is 13.3. The number of alkyl carbamates (subject to hydrolysis) is 1. The molecule has 0 saturated carbocycles. The molecule has 1 amide bonds. The average Bonchev–Trinajstić information content (AvgIpc) is 2.67. The van der Waals surface area contributed by atoms with Crippen LogP contribution in [0.1, 0.15) is 20.8 Å². The Hall–Kier alpha value is -2.33. The molecule has 8 nitrogen and oxygen atoms in total. The zero-order chi connectivity index (χ0) is 22.3. The number of carbonyl (C=O) groups is 1. The first-order valence-electron chi connectivity index (χ1n) is 9.79. The normalized spacial score (nSPS) is 15.9. The lowest BCUT2D eigenvalue weighted by atomic mass is 10.2. The van der Waals surface area contributed by atoms with Crippen molar-refractivity contribution in [1.29, 1.82) is 0 Å². The van der Waals surface area contributed by atoms with Gasteiger partial charge in [0.25, 0.3) is 0 Å². The van der Waals surface area contributed by atoms with Crippen LogP contribution in [0.4, 0.5) is 20.6 Å². The molecular formula is C20H31FN4O4S. The first-order chi connectivity index (χ1) is 14.1. The SMILES string of the molecule is CN1CCN(c2ccc(N(C/C(=C\F)CNC(=O)OC(C)(C)C)[SH](=O)=O)cc2)CC1. The summed E-state index contributed by atoms with van der Waals surface area (Å²) in [4.78, 5) is 16.2. The zero-order valence-electron chi connectivity index (χ0n) is 17.9. The molecule has 0 aromatic heterocycles. The van der Waals surface area contributed by atoms with E-state index in [0.717, 1.165) is 36.2 Å². The number of halogens is 1. The van der Waals surface area contributed by atoms with E-state index in [9.17, 15) is 17.6 Å². The number of carbonyl (C=O) groups excluding carboxylic acids is 1. The molecule has 1 N–H and O–H groups in total. The van der Waals surface area contributed by atoms with E-state index < -0.39 is 22.6 Å². The monoisotopic (exact) mass is 442 g/mol. The largest absolute Gasteiger partial charge is 0.444 e. The van der Waals surface area contributed by atoms with Crippen LogP contribution < -0.4 is 14.5 Å². The highest BCUT2D eigenvalue weighted by atomic mass is 32.2. The number of nitrogens with zero attached hydrogens (tertiary/aromatic N) is 3. The molecule has 1 aliphatic heterocycles. The van der Waals surface area contributed by atoms with Crippen molar-refractivity contribution in [2.24, 2.45) is 0 Å². The van der Waals surface area contributed by atoms with Gasteiger partial charge in [0, 0.05) is 38.4 Å². The van der Waals surface area contributed by atoms with Gasteiger partial charge in [-0.3, -0.25) is 4.31 Å². The zero-order valence-corrected chi connectivity index (χ0v) is 18.8. The summed E-state index contributed by atoms with van der Waals surface area (Å²) in [5, 5.41) is 2.44. The number of anilines is 2. The van der Waals surface area contributed by atoms with Crippen LogP contribution in [-0.2, 0) is 15.6 Å². The van der Waals surface area contributed by atoms with Crippen LogP contribution in [0.5, 0.6) is 0 Å². The van der Waals surface area contributed by atoms with Crippen molar-refractivity contribution in [3.05, 3.63) is 36.2 Å². The third-order valence-corrected chi connectivity index (χ3v) is 5.35. The second-order valence-corrected chi connectivity index (χ2v) is 9.18. The summed E-state index contributed by atoms with van der Waals surface area (Å²) in [5.74, 6) is 0. The lowest BCUT2D eigenvalue weighted by molar-refractivity contribution is 0.0532. The molecule has 1 heterocycles. The highest BCUT2D eigenvalue weighted by molar-refractivity contribution is 7.74. The molecule has 0 radical (unpaired) electrons. The van der Waals surface area contributed by atoms with Gasteiger partial charge in [-0.05, 0) is 57.7 Å². The molecule has 1 aromatic rings. The summed E-state index contributed by atoms with van der Waals surface area (Å²) in [6, 6.07) is 7.14. The Labute approximate surface area is 179 Å². The van der Waals surface area contributed by atoms with Gasteiger partial charge < -0.3 is 19.9 Å². The van der Waals surface area contributed by atoms with E-state index in [1.807, 2.05) is 12.1 Å². The lowest BCUT2D eigenvalue weighted by Gasteiger charge is -2.34. The van der Waals surface area contributed by atoms with Gasteiger partial charge in [0.15, 0.2) is 0 Å². The van der Waals surface area contributed by atoms with Gasteiger partial charge in [-0.2, -0.15) is 0 Å². The number of ether oxygens (including phenoxy) is 1. The van der Waals surface area contributed by atoms with Crippen molar-refractivity contribution in [2.75, 3.05) is 55.5 Å². The molecular weight excluding hydrogens is 411 g/mol. The van der Waals surface area contributed by atoms with E-state index in [4.69, 9.17) is 4.74 Å². The third kappa shape index (κ3) is 7.49. The van der Waals surface area contributed by atoms with Gasteiger partial charge in [-0.15, -0.1) is 0 Å². The smallest absolute Gasteiger partial charge is 0.407 e. The van der Waals surface area contributed by atoms with E-state index in [1.54, 1.807) is 32.9 Å². The number of rotatable bonds is 7. The van der Waals surface area contributed by atoms with Crippen molar-refractivity contribution in [1.82, 2.24) is 10.2 Å². The fraction of sp³-hybridized carbons (Fsp3) is 0.550. The topological polar surface area (TPSA) is 82.2 Å². The summed E-state index contributed by atoms with van der Waals surface area (Å²) >= 11 is 0. The highest BCUT2D eigenvalue weighted by Gasteiger charge is 2.18. The molecule has 0 spiro atoms. The van der Waals surface area contributed by atoms with Crippen molar-refractivity contribution >= 4 is 28.4 Å². The Kier molecular flexibility index (Phi) is 8.48. The van der Waals surface area contributed by atoms with E-state index in [-0.39, 0.29) is 18.7 Å². The van der Waals surface area contributed by atoms with Crippen molar-refractivity contribution in [3.8, 4) is 0 Å². The number of thiol groups is 1. The van der Waals surface area contributed by atoms with Crippen LogP contribution in [-0.4, -0.2) is 71.3 Å². The summed E-state index contributed by atoms with van der Waals surface area (Å²) in [5.41, 5.74) is 0.865. The van der Waals surface area contributed by atoms with Crippen LogP contribution in [0.25, 0.3) is 0 Å². The predicted octanol–water partition coefficient (Wildman–Crippen LogP) is 2.15. The van der Waals surface area contributed by atoms with Gasteiger partial charge >= 0.3 is 6.09 Å². The molecule has 0 bridgehead atoms. The summed E-state index contributed by atoms with van der Waals surface area (Å²) in [6.45, 7) is 8.52. The molecule has 10 heteroatoms. The number of benzene rings is 1. The Morgan fingerprint density at radius 1 is 1.20 bits per heavy atom. The number of hydrogen-bond donors (Lipinski definition) is 2. The minimum Gasteiger partial charge on any atom is -0.444 e. The van der Waals surface area contributed by atoms with E-state index in [2.05, 4.69) is 22.2 Å². The maximum Gasteiger partial charge on any atom is 0.407 e. The Morgan fingerprint density at radius 3 is 2.30 bits per heavy atom. The van der Waals surface area contributed by atoms with Crippen LogP contribution >= 0.6 is 0 Å². The van der Waals surface area contributed by atoms with E-state index in [1.165, 1.54) is 0 Å². The third-order valence-electron chi connectivity index (χ3n) is 4.58. The first kappa shape index (κ1) is 23.9. The molecule has 30 heavy (non-hydrogen) atoms. The molecule has 1 saturated heterocycles. The summed E-state index contributed by atoms with van der Waals surface area (Å²) in [6.07, 6.45) is -0.390. The lowest BCUT2D eigenvalue weighted by Crippen LogP contribution is -2.44. The first-order valence-corrected chi connectivity index (χ1v) is 10.9. The van der Waals surface area contributed by atoms with Crippen molar-refractivity contribution in [2.45, 2.75) is 26.4 Å².